The number of aromatic nitrogens is 2. The number of aryl methyl sites for hydroxylation is 3. The normalized spacial score (nSPS) is 10.8. The first kappa shape index (κ1) is 14.6. The molecule has 0 aliphatic carbocycles. The van der Waals surface area contributed by atoms with Crippen molar-refractivity contribution in [2.45, 2.75) is 33.9 Å². The molecular formula is C16H23N3O. The maximum atomic E-state index is 5.93. The van der Waals surface area contributed by atoms with Gasteiger partial charge in [0.15, 0.2) is 0 Å². The molecule has 1 N–H and O–H groups in total. The number of hydrogen-bond donors (Lipinski definition) is 1. The second-order valence-corrected chi connectivity index (χ2v) is 5.11. The molecule has 0 unspecified atom stereocenters. The Morgan fingerprint density at radius 2 is 1.95 bits per heavy atom. The molecule has 20 heavy (non-hydrogen) atoms. The fourth-order valence-corrected chi connectivity index (χ4v) is 2.33. The highest BCUT2D eigenvalue weighted by atomic mass is 16.5. The lowest BCUT2D eigenvalue weighted by Crippen LogP contribution is -2.12. The highest BCUT2D eigenvalue weighted by Crippen LogP contribution is 2.25. The fraction of sp³-hybridized carbons (Fsp3) is 0.438. The van der Waals surface area contributed by atoms with Crippen molar-refractivity contribution < 1.29 is 4.74 Å². The van der Waals surface area contributed by atoms with Crippen molar-refractivity contribution in [3.63, 3.8) is 0 Å². The third-order valence-corrected chi connectivity index (χ3v) is 3.23. The quantitative estimate of drug-likeness (QED) is 0.879. The Morgan fingerprint density at radius 1 is 1.25 bits per heavy atom. The van der Waals surface area contributed by atoms with E-state index in [0.717, 1.165) is 24.5 Å². The molecule has 1 aromatic heterocycles. The molecule has 0 saturated carbocycles. The van der Waals surface area contributed by atoms with E-state index in [-0.39, 0.29) is 0 Å². The second kappa shape index (κ2) is 6.57. The van der Waals surface area contributed by atoms with Crippen LogP contribution in [0.5, 0.6) is 5.75 Å². The van der Waals surface area contributed by atoms with Gasteiger partial charge in [-0.3, -0.25) is 4.68 Å². The minimum atomic E-state index is 0.509. The van der Waals surface area contributed by atoms with Crippen molar-refractivity contribution in [1.29, 1.82) is 0 Å². The Kier molecular flexibility index (Phi) is 4.79. The summed E-state index contributed by atoms with van der Waals surface area (Å²) in [6.45, 7) is 8.69. The summed E-state index contributed by atoms with van der Waals surface area (Å²) in [5.41, 5.74) is 4.60. The number of nitrogens with one attached hydrogen (secondary N) is 1. The molecule has 1 heterocycles. The Bertz CT molecular complexity index is 552. The van der Waals surface area contributed by atoms with Crippen LogP contribution in [-0.2, 0) is 20.2 Å². The van der Waals surface area contributed by atoms with Gasteiger partial charge in [0.1, 0.15) is 12.4 Å². The predicted octanol–water partition coefficient (Wildman–Crippen LogP) is 2.73. The maximum Gasteiger partial charge on any atom is 0.132 e. The van der Waals surface area contributed by atoms with Crippen LogP contribution in [0.2, 0.25) is 0 Å². The van der Waals surface area contributed by atoms with Crippen LogP contribution < -0.4 is 10.1 Å². The molecule has 0 spiro atoms. The molecule has 4 nitrogen and oxygen atoms in total. The Morgan fingerprint density at radius 3 is 2.50 bits per heavy atom. The van der Waals surface area contributed by atoms with Crippen LogP contribution >= 0.6 is 0 Å². The largest absolute Gasteiger partial charge is 0.487 e. The van der Waals surface area contributed by atoms with E-state index >= 15 is 0 Å². The molecular weight excluding hydrogens is 250 g/mol. The molecule has 0 radical (unpaired) electrons. The third kappa shape index (κ3) is 3.61. The summed E-state index contributed by atoms with van der Waals surface area (Å²) in [5.74, 6) is 0.968. The lowest BCUT2D eigenvalue weighted by atomic mass is 10.1. The van der Waals surface area contributed by atoms with E-state index in [2.05, 4.69) is 43.3 Å². The highest BCUT2D eigenvalue weighted by Gasteiger charge is 2.07. The van der Waals surface area contributed by atoms with Crippen LogP contribution in [0.25, 0.3) is 0 Å². The molecule has 1 aromatic carbocycles. The number of rotatable bonds is 6. The molecule has 0 aliphatic rings. The van der Waals surface area contributed by atoms with Gasteiger partial charge >= 0.3 is 0 Å². The van der Waals surface area contributed by atoms with E-state index in [1.165, 1.54) is 16.7 Å². The van der Waals surface area contributed by atoms with Crippen molar-refractivity contribution in [3.8, 4) is 5.75 Å². The zero-order valence-electron chi connectivity index (χ0n) is 12.7. The topological polar surface area (TPSA) is 39.1 Å². The zero-order valence-corrected chi connectivity index (χ0v) is 12.7. The van der Waals surface area contributed by atoms with Gasteiger partial charge in [-0.25, -0.2) is 0 Å². The van der Waals surface area contributed by atoms with E-state index in [1.807, 2.05) is 19.3 Å². The number of ether oxygens (including phenoxy) is 1. The van der Waals surface area contributed by atoms with Crippen LogP contribution in [0.3, 0.4) is 0 Å². The Labute approximate surface area is 120 Å². The van der Waals surface area contributed by atoms with Crippen LogP contribution in [0.15, 0.2) is 24.4 Å². The van der Waals surface area contributed by atoms with Crippen molar-refractivity contribution in [3.05, 3.63) is 46.8 Å². The third-order valence-electron chi connectivity index (χ3n) is 3.23. The SMILES string of the molecule is CCNCc1cc(C)c(OCc2ccn(C)n2)c(C)c1. The minimum Gasteiger partial charge on any atom is -0.487 e. The van der Waals surface area contributed by atoms with E-state index in [1.54, 1.807) is 4.68 Å². The molecule has 0 atom stereocenters. The first-order valence-electron chi connectivity index (χ1n) is 7.02. The number of nitrogens with zero attached hydrogens (tertiary/aromatic N) is 2. The first-order valence-corrected chi connectivity index (χ1v) is 7.02. The van der Waals surface area contributed by atoms with E-state index in [4.69, 9.17) is 4.74 Å². The molecule has 108 valence electrons. The standard InChI is InChI=1S/C16H23N3O/c1-5-17-10-14-8-12(2)16(13(3)9-14)20-11-15-6-7-19(4)18-15/h6-9,17H,5,10-11H2,1-4H3. The van der Waals surface area contributed by atoms with Gasteiger partial charge in [-0.05, 0) is 43.1 Å². The van der Waals surface area contributed by atoms with E-state index < -0.39 is 0 Å². The summed E-state index contributed by atoms with van der Waals surface area (Å²) in [6.07, 6.45) is 1.93. The first-order chi connectivity index (χ1) is 9.60. The average molecular weight is 273 g/mol. The van der Waals surface area contributed by atoms with Crippen molar-refractivity contribution >= 4 is 0 Å². The highest BCUT2D eigenvalue weighted by molar-refractivity contribution is 5.43. The molecule has 0 saturated heterocycles. The average Bonchev–Trinajstić information content (AvgIpc) is 2.81. The number of benzene rings is 1. The van der Waals surface area contributed by atoms with Gasteiger partial charge in [-0.15, -0.1) is 0 Å². The van der Waals surface area contributed by atoms with Crippen LogP contribution in [0.4, 0.5) is 0 Å². The van der Waals surface area contributed by atoms with Crippen molar-refractivity contribution in [1.82, 2.24) is 15.1 Å². The fourth-order valence-electron chi connectivity index (χ4n) is 2.33. The summed E-state index contributed by atoms with van der Waals surface area (Å²) in [5, 5.41) is 7.67. The van der Waals surface area contributed by atoms with Gasteiger partial charge in [0, 0.05) is 19.8 Å². The van der Waals surface area contributed by atoms with Gasteiger partial charge < -0.3 is 10.1 Å². The molecule has 0 fully saturated rings. The van der Waals surface area contributed by atoms with Gasteiger partial charge in [-0.2, -0.15) is 5.10 Å². The smallest absolute Gasteiger partial charge is 0.132 e. The summed E-state index contributed by atoms with van der Waals surface area (Å²) in [7, 11) is 1.91. The molecule has 0 amide bonds. The van der Waals surface area contributed by atoms with Crippen molar-refractivity contribution in [2.24, 2.45) is 7.05 Å². The lowest BCUT2D eigenvalue weighted by molar-refractivity contribution is 0.296. The molecule has 2 aromatic rings. The maximum absolute atomic E-state index is 5.93. The lowest BCUT2D eigenvalue weighted by Gasteiger charge is -2.13. The van der Waals surface area contributed by atoms with Crippen LogP contribution in [0.1, 0.15) is 29.3 Å². The van der Waals surface area contributed by atoms with Gasteiger partial charge in [0.2, 0.25) is 0 Å². The van der Waals surface area contributed by atoms with Gasteiger partial charge in [-0.1, -0.05) is 19.1 Å². The molecule has 0 aliphatic heterocycles. The van der Waals surface area contributed by atoms with Gasteiger partial charge in [0.25, 0.3) is 0 Å². The molecule has 0 bridgehead atoms. The Balaban J connectivity index is 2.07. The minimum absolute atomic E-state index is 0.509. The molecule has 4 heteroatoms. The summed E-state index contributed by atoms with van der Waals surface area (Å²) >= 11 is 0. The summed E-state index contributed by atoms with van der Waals surface area (Å²) in [6, 6.07) is 6.34. The van der Waals surface area contributed by atoms with Crippen molar-refractivity contribution in [2.75, 3.05) is 6.54 Å². The monoisotopic (exact) mass is 273 g/mol. The summed E-state index contributed by atoms with van der Waals surface area (Å²) < 4.78 is 7.72. The molecule has 2 rings (SSSR count). The summed E-state index contributed by atoms with van der Waals surface area (Å²) in [4.78, 5) is 0. The second-order valence-electron chi connectivity index (χ2n) is 5.11. The zero-order chi connectivity index (χ0) is 14.5. The number of hydrogen-bond acceptors (Lipinski definition) is 3. The van der Waals surface area contributed by atoms with E-state index in [9.17, 15) is 0 Å². The van der Waals surface area contributed by atoms with Gasteiger partial charge in [0.05, 0.1) is 5.69 Å². The predicted molar refractivity (Wildman–Crippen MR) is 80.8 cm³/mol. The van der Waals surface area contributed by atoms with Crippen LogP contribution in [-0.4, -0.2) is 16.3 Å². The van der Waals surface area contributed by atoms with Crippen LogP contribution in [0, 0.1) is 13.8 Å². The van der Waals surface area contributed by atoms with E-state index in [0.29, 0.717) is 6.61 Å². The Hall–Kier alpha value is -1.81.